The van der Waals surface area contributed by atoms with E-state index in [0.717, 1.165) is 12.1 Å². The Morgan fingerprint density at radius 2 is 1.78 bits per heavy atom. The molecule has 7 nitrogen and oxygen atoms in total. The summed E-state index contributed by atoms with van der Waals surface area (Å²) < 4.78 is 94.6. The van der Waals surface area contributed by atoms with Crippen LogP contribution in [0.2, 0.25) is 5.02 Å². The molecular formula is C25H28ClF2NO6S2. The number of rotatable bonds is 6. The Balaban J connectivity index is 1.58. The van der Waals surface area contributed by atoms with Gasteiger partial charge in [0.15, 0.2) is 31.2 Å². The zero-order chi connectivity index (χ0) is 26.6. The van der Waals surface area contributed by atoms with E-state index >= 15 is 4.39 Å². The van der Waals surface area contributed by atoms with Gasteiger partial charge < -0.3 is 14.4 Å². The minimum absolute atomic E-state index is 0.0146. The smallest absolute Gasteiger partial charge is 0.189 e. The number of hydrogen-bond acceptors (Lipinski definition) is 7. The molecular weight excluding hydrogens is 548 g/mol. The summed E-state index contributed by atoms with van der Waals surface area (Å²) in [5.41, 5.74) is -0.368. The van der Waals surface area contributed by atoms with Crippen LogP contribution in [-0.2, 0) is 29.2 Å². The molecule has 3 aliphatic heterocycles. The molecule has 0 spiro atoms. The van der Waals surface area contributed by atoms with Crippen molar-refractivity contribution in [3.8, 4) is 5.75 Å². The van der Waals surface area contributed by atoms with Crippen LogP contribution in [-0.4, -0.2) is 72.2 Å². The number of nitrogens with zero attached hydrogens (tertiary/aromatic N) is 1. The average molecular weight is 576 g/mol. The van der Waals surface area contributed by atoms with Crippen LogP contribution in [0.25, 0.3) is 0 Å². The molecule has 0 aliphatic carbocycles. The minimum Gasteiger partial charge on any atom is -0.490 e. The van der Waals surface area contributed by atoms with Crippen LogP contribution in [0, 0.1) is 17.6 Å². The molecule has 2 fully saturated rings. The fourth-order valence-electron chi connectivity index (χ4n) is 5.97. The van der Waals surface area contributed by atoms with Crippen molar-refractivity contribution < 1.29 is 35.1 Å². The summed E-state index contributed by atoms with van der Waals surface area (Å²) in [5, 5.41) is -0.177. The molecule has 37 heavy (non-hydrogen) atoms. The van der Waals surface area contributed by atoms with Crippen molar-refractivity contribution in [2.45, 2.75) is 40.3 Å². The molecule has 4 unspecified atom stereocenters. The molecule has 0 bridgehead atoms. The van der Waals surface area contributed by atoms with Gasteiger partial charge in [0.25, 0.3) is 0 Å². The lowest BCUT2D eigenvalue weighted by atomic mass is 9.75. The molecule has 3 aliphatic rings. The molecule has 2 aromatic rings. The number of halogens is 3. The van der Waals surface area contributed by atoms with Crippen molar-refractivity contribution in [3.05, 3.63) is 58.6 Å². The molecule has 0 saturated carbocycles. The summed E-state index contributed by atoms with van der Waals surface area (Å²) in [7, 11) is -5.96. The molecule has 5 rings (SSSR count). The molecule has 4 atom stereocenters. The molecule has 0 N–H and O–H groups in total. The SMILES string of the molecule is CN1CCC(S(=O)(=O)CCC2OCCC3(S(=O)(=O)c4ccc(Cl)cc4)c4c(F)ccc(F)c4OCC23)C1. The summed E-state index contributed by atoms with van der Waals surface area (Å²) in [4.78, 5) is 1.85. The Labute approximate surface area is 220 Å². The molecule has 2 aromatic carbocycles. The minimum atomic E-state index is -4.34. The Morgan fingerprint density at radius 3 is 2.46 bits per heavy atom. The van der Waals surface area contributed by atoms with E-state index in [1.54, 1.807) is 0 Å². The molecule has 3 heterocycles. The Kier molecular flexibility index (Phi) is 7.06. The molecule has 0 radical (unpaired) electrons. The first kappa shape index (κ1) is 26.8. The summed E-state index contributed by atoms with van der Waals surface area (Å²) >= 11 is 5.98. The second kappa shape index (κ2) is 9.75. The molecule has 0 aromatic heterocycles. The van der Waals surface area contributed by atoms with Gasteiger partial charge >= 0.3 is 0 Å². The first-order valence-electron chi connectivity index (χ1n) is 12.1. The lowest BCUT2D eigenvalue weighted by Gasteiger charge is -2.50. The summed E-state index contributed by atoms with van der Waals surface area (Å²) in [6.45, 7) is 0.782. The standard InChI is InChI=1S/C25H28ClF2NO6S2/c1-29-11-8-18(14-29)36(30,31)13-9-22-19-15-35-24-21(28)7-6-20(27)23(24)25(19,10-12-34-22)37(32,33)17-4-2-16(26)3-5-17/h2-7,18-19,22H,8-15H2,1H3. The Bertz CT molecular complexity index is 1400. The van der Waals surface area contributed by atoms with E-state index < -0.39 is 59.1 Å². The van der Waals surface area contributed by atoms with E-state index in [2.05, 4.69) is 0 Å². The van der Waals surface area contributed by atoms with Gasteiger partial charge in [0.05, 0.1) is 34.2 Å². The van der Waals surface area contributed by atoms with Crippen molar-refractivity contribution in [1.82, 2.24) is 4.90 Å². The van der Waals surface area contributed by atoms with Gasteiger partial charge in [0.2, 0.25) is 0 Å². The van der Waals surface area contributed by atoms with Crippen LogP contribution in [0.1, 0.15) is 24.8 Å². The fraction of sp³-hybridized carbons (Fsp3) is 0.520. The van der Waals surface area contributed by atoms with E-state index in [1.165, 1.54) is 24.3 Å². The molecule has 2 saturated heterocycles. The highest BCUT2D eigenvalue weighted by Crippen LogP contribution is 2.56. The van der Waals surface area contributed by atoms with Gasteiger partial charge in [-0.15, -0.1) is 0 Å². The van der Waals surface area contributed by atoms with Gasteiger partial charge in [0.1, 0.15) is 10.6 Å². The highest BCUT2D eigenvalue weighted by Gasteiger charge is 2.61. The van der Waals surface area contributed by atoms with E-state index in [1.807, 2.05) is 11.9 Å². The maximum Gasteiger partial charge on any atom is 0.189 e. The van der Waals surface area contributed by atoms with Gasteiger partial charge in [-0.1, -0.05) is 11.6 Å². The van der Waals surface area contributed by atoms with Crippen molar-refractivity contribution in [2.24, 2.45) is 5.92 Å². The lowest BCUT2D eigenvalue weighted by Crippen LogP contribution is -2.57. The Morgan fingerprint density at radius 1 is 1.08 bits per heavy atom. The van der Waals surface area contributed by atoms with E-state index in [-0.39, 0.29) is 42.3 Å². The summed E-state index contributed by atoms with van der Waals surface area (Å²) in [6, 6.07) is 7.31. The normalized spacial score (nSPS) is 28.4. The largest absolute Gasteiger partial charge is 0.490 e. The van der Waals surface area contributed by atoms with Crippen LogP contribution < -0.4 is 4.74 Å². The quantitative estimate of drug-likeness (QED) is 0.520. The van der Waals surface area contributed by atoms with Crippen LogP contribution in [0.15, 0.2) is 41.3 Å². The fourth-order valence-corrected chi connectivity index (χ4v) is 10.3. The number of likely N-dealkylation sites (tertiary alicyclic amines) is 1. The number of hydrogen-bond donors (Lipinski definition) is 0. The van der Waals surface area contributed by atoms with Crippen LogP contribution in [0.3, 0.4) is 0 Å². The van der Waals surface area contributed by atoms with Gasteiger partial charge in [-0.2, -0.15) is 0 Å². The number of sulfone groups is 2. The zero-order valence-electron chi connectivity index (χ0n) is 20.2. The molecule has 0 amide bonds. The van der Waals surface area contributed by atoms with E-state index in [0.29, 0.717) is 24.5 Å². The first-order valence-corrected chi connectivity index (χ1v) is 15.7. The van der Waals surface area contributed by atoms with E-state index in [9.17, 15) is 21.2 Å². The maximum absolute atomic E-state index is 15.4. The van der Waals surface area contributed by atoms with Crippen LogP contribution >= 0.6 is 11.6 Å². The topological polar surface area (TPSA) is 90.0 Å². The highest BCUT2D eigenvalue weighted by atomic mass is 35.5. The number of ether oxygens (including phenoxy) is 2. The van der Waals surface area contributed by atoms with E-state index in [4.69, 9.17) is 21.1 Å². The third-order valence-corrected chi connectivity index (χ3v) is 12.9. The van der Waals surface area contributed by atoms with Crippen LogP contribution in [0.5, 0.6) is 5.75 Å². The van der Waals surface area contributed by atoms with Gasteiger partial charge in [-0.25, -0.2) is 25.6 Å². The van der Waals surface area contributed by atoms with Crippen molar-refractivity contribution in [1.29, 1.82) is 0 Å². The second-order valence-corrected chi connectivity index (χ2v) is 15.0. The maximum atomic E-state index is 15.4. The average Bonchev–Trinajstić information content (AvgIpc) is 3.32. The summed E-state index contributed by atoms with van der Waals surface area (Å²) in [5.74, 6) is -3.37. The van der Waals surface area contributed by atoms with Gasteiger partial charge in [0, 0.05) is 24.1 Å². The monoisotopic (exact) mass is 575 g/mol. The summed E-state index contributed by atoms with van der Waals surface area (Å²) in [6.07, 6.45) is -0.457. The second-order valence-electron chi connectivity index (χ2n) is 9.99. The van der Waals surface area contributed by atoms with Crippen molar-refractivity contribution >= 4 is 31.3 Å². The zero-order valence-corrected chi connectivity index (χ0v) is 22.6. The van der Waals surface area contributed by atoms with Crippen molar-refractivity contribution in [2.75, 3.05) is 39.1 Å². The number of fused-ring (bicyclic) bond motifs is 3. The number of benzene rings is 2. The third-order valence-electron chi connectivity index (χ3n) is 7.89. The Hall–Kier alpha value is -1.79. The van der Waals surface area contributed by atoms with Gasteiger partial charge in [-0.05, 0) is 69.3 Å². The van der Waals surface area contributed by atoms with Crippen LogP contribution in [0.4, 0.5) is 8.78 Å². The lowest BCUT2D eigenvalue weighted by molar-refractivity contribution is -0.0732. The first-order chi connectivity index (χ1) is 17.5. The predicted molar refractivity (Wildman–Crippen MR) is 134 cm³/mol. The molecule has 12 heteroatoms. The third kappa shape index (κ3) is 4.46. The predicted octanol–water partition coefficient (Wildman–Crippen LogP) is 3.59. The highest BCUT2D eigenvalue weighted by molar-refractivity contribution is 7.92. The molecule has 202 valence electrons. The van der Waals surface area contributed by atoms with Crippen molar-refractivity contribution in [3.63, 3.8) is 0 Å². The van der Waals surface area contributed by atoms with Gasteiger partial charge in [-0.3, -0.25) is 0 Å².